The van der Waals surface area contributed by atoms with Crippen LogP contribution in [0.15, 0.2) is 0 Å². The minimum atomic E-state index is -1.15. The number of aliphatic hydroxyl groups is 2. The lowest BCUT2D eigenvalue weighted by Crippen LogP contribution is -2.39. The van der Waals surface area contributed by atoms with Crippen molar-refractivity contribution in [1.82, 2.24) is 0 Å². The highest BCUT2D eigenvalue weighted by molar-refractivity contribution is 5.72. The van der Waals surface area contributed by atoms with Crippen LogP contribution in [0.2, 0.25) is 0 Å². The Morgan fingerprint density at radius 2 is 2.00 bits per heavy atom. The summed E-state index contributed by atoms with van der Waals surface area (Å²) in [6.45, 7) is 0. The highest BCUT2D eigenvalue weighted by atomic mass is 16.6. The molecule has 3 N–H and O–H groups in total. The van der Waals surface area contributed by atoms with E-state index in [1.165, 1.54) is 0 Å². The maximum absolute atomic E-state index is 10.3. The normalized spacial score (nSPS) is 38.5. The van der Waals surface area contributed by atoms with E-state index < -0.39 is 24.5 Å². The van der Waals surface area contributed by atoms with Gasteiger partial charge >= 0.3 is 5.97 Å². The van der Waals surface area contributed by atoms with Crippen LogP contribution in [0.5, 0.6) is 0 Å². The quantitative estimate of drug-likeness (QED) is 0.457. The molecule has 0 aromatic carbocycles. The Balaban J connectivity index is 2.49. The molecule has 1 saturated heterocycles. The molecular formula is C6H10O5. The Morgan fingerprint density at radius 1 is 1.36 bits per heavy atom. The number of rotatable bonds is 1. The number of ether oxygens (including phenoxy) is 1. The van der Waals surface area contributed by atoms with E-state index in [1.807, 2.05) is 0 Å². The van der Waals surface area contributed by atoms with Crippen LogP contribution in [-0.4, -0.2) is 39.8 Å². The highest BCUT2D eigenvalue weighted by Gasteiger charge is 2.31. The van der Waals surface area contributed by atoms with Crippen molar-refractivity contribution in [2.45, 2.75) is 31.3 Å². The second kappa shape index (κ2) is 3.17. The summed E-state index contributed by atoms with van der Waals surface area (Å²) in [5, 5.41) is 26.3. The predicted molar refractivity (Wildman–Crippen MR) is 33.8 cm³/mol. The highest BCUT2D eigenvalue weighted by Crippen LogP contribution is 2.17. The van der Waals surface area contributed by atoms with Crippen molar-refractivity contribution < 1.29 is 24.9 Å². The number of hydrogen-bond donors (Lipinski definition) is 3. The first-order valence-electron chi connectivity index (χ1n) is 3.34. The van der Waals surface area contributed by atoms with Crippen LogP contribution >= 0.6 is 0 Å². The lowest BCUT2D eigenvalue weighted by atomic mass is 10.1. The zero-order valence-corrected chi connectivity index (χ0v) is 5.80. The summed E-state index contributed by atoms with van der Waals surface area (Å²) < 4.78 is 4.61. The minimum absolute atomic E-state index is 0.0480. The van der Waals surface area contributed by atoms with Crippen LogP contribution in [0.3, 0.4) is 0 Å². The van der Waals surface area contributed by atoms with Gasteiger partial charge in [0.2, 0.25) is 0 Å². The van der Waals surface area contributed by atoms with Gasteiger partial charge in [0.05, 0.1) is 6.10 Å². The van der Waals surface area contributed by atoms with Crippen LogP contribution in [0.25, 0.3) is 0 Å². The molecule has 3 atom stereocenters. The molecule has 0 radical (unpaired) electrons. The van der Waals surface area contributed by atoms with Crippen LogP contribution in [0.4, 0.5) is 0 Å². The van der Waals surface area contributed by atoms with E-state index in [9.17, 15) is 4.79 Å². The Labute approximate surface area is 63.2 Å². The van der Waals surface area contributed by atoms with Crippen molar-refractivity contribution in [3.05, 3.63) is 0 Å². The van der Waals surface area contributed by atoms with Crippen molar-refractivity contribution in [3.63, 3.8) is 0 Å². The van der Waals surface area contributed by atoms with Gasteiger partial charge in [0.1, 0.15) is 0 Å². The third-order valence-electron chi connectivity index (χ3n) is 1.56. The van der Waals surface area contributed by atoms with Gasteiger partial charge < -0.3 is 20.1 Å². The summed E-state index contributed by atoms with van der Waals surface area (Å²) in [6, 6.07) is 0. The molecule has 1 aliphatic rings. The van der Waals surface area contributed by atoms with Crippen LogP contribution in [0.1, 0.15) is 12.8 Å². The largest absolute Gasteiger partial charge is 0.479 e. The second-order valence-corrected chi connectivity index (χ2v) is 2.54. The summed E-state index contributed by atoms with van der Waals surface area (Å²) in [7, 11) is 0. The summed E-state index contributed by atoms with van der Waals surface area (Å²) in [6.07, 6.45) is -2.87. The van der Waals surface area contributed by atoms with E-state index in [-0.39, 0.29) is 12.8 Å². The first-order chi connectivity index (χ1) is 5.09. The molecule has 0 spiro atoms. The monoisotopic (exact) mass is 162 g/mol. The van der Waals surface area contributed by atoms with Gasteiger partial charge in [0.25, 0.3) is 0 Å². The molecule has 0 aromatic heterocycles. The number of aliphatic carboxylic acids is 1. The molecule has 5 nitrogen and oxygen atoms in total. The zero-order valence-electron chi connectivity index (χ0n) is 5.80. The van der Waals surface area contributed by atoms with Crippen molar-refractivity contribution in [3.8, 4) is 0 Å². The second-order valence-electron chi connectivity index (χ2n) is 2.54. The van der Waals surface area contributed by atoms with Gasteiger partial charge in [0, 0.05) is 12.8 Å². The summed E-state index contributed by atoms with van der Waals surface area (Å²) >= 11 is 0. The van der Waals surface area contributed by atoms with Crippen molar-refractivity contribution in [2.24, 2.45) is 0 Å². The first-order valence-corrected chi connectivity index (χ1v) is 3.34. The third-order valence-corrected chi connectivity index (χ3v) is 1.56. The standard InChI is InChI=1S/C6H10O5/c7-3-1-4(6(9)10)11-5(8)2-3/h3-5,7-8H,1-2H2,(H,9,10)/t3-,4+,5+/m1/s1. The fourth-order valence-corrected chi connectivity index (χ4v) is 1.04. The molecule has 1 heterocycles. The Bertz CT molecular complexity index is 147. The molecule has 1 aliphatic heterocycles. The van der Waals surface area contributed by atoms with Gasteiger partial charge in [-0.25, -0.2) is 4.79 Å². The molecule has 0 saturated carbocycles. The SMILES string of the molecule is O=C(O)[C@@H]1C[C@@H](O)C[C@@H](O)O1. The molecule has 0 amide bonds. The summed E-state index contributed by atoms with van der Waals surface area (Å²) in [5.41, 5.74) is 0. The molecule has 1 rings (SSSR count). The molecule has 0 aromatic rings. The average Bonchev–Trinajstić information content (AvgIpc) is 1.85. The van der Waals surface area contributed by atoms with E-state index in [2.05, 4.69) is 4.74 Å². The van der Waals surface area contributed by atoms with Gasteiger partial charge in [-0.2, -0.15) is 0 Å². The molecule has 64 valence electrons. The zero-order chi connectivity index (χ0) is 8.43. The number of carboxylic acids is 1. The van der Waals surface area contributed by atoms with Crippen molar-refractivity contribution in [1.29, 1.82) is 0 Å². The molecule has 11 heavy (non-hydrogen) atoms. The van der Waals surface area contributed by atoms with Gasteiger partial charge in [-0.05, 0) is 0 Å². The molecule has 0 bridgehead atoms. The third kappa shape index (κ3) is 2.14. The lowest BCUT2D eigenvalue weighted by Gasteiger charge is -2.27. The van der Waals surface area contributed by atoms with Gasteiger partial charge in [-0.3, -0.25) is 0 Å². The molecular weight excluding hydrogens is 152 g/mol. The van der Waals surface area contributed by atoms with Crippen LogP contribution in [-0.2, 0) is 9.53 Å². The Hall–Kier alpha value is -0.650. The van der Waals surface area contributed by atoms with Crippen LogP contribution in [0, 0.1) is 0 Å². The van der Waals surface area contributed by atoms with E-state index in [4.69, 9.17) is 15.3 Å². The van der Waals surface area contributed by atoms with E-state index >= 15 is 0 Å². The topological polar surface area (TPSA) is 87.0 Å². The smallest absolute Gasteiger partial charge is 0.333 e. The van der Waals surface area contributed by atoms with E-state index in [0.717, 1.165) is 0 Å². The molecule has 0 aliphatic carbocycles. The summed E-state index contributed by atoms with van der Waals surface area (Å²) in [4.78, 5) is 10.3. The number of aliphatic hydroxyl groups excluding tert-OH is 2. The Kier molecular flexibility index (Phi) is 2.43. The Morgan fingerprint density at radius 3 is 2.45 bits per heavy atom. The fraction of sp³-hybridized carbons (Fsp3) is 0.833. The van der Waals surface area contributed by atoms with Crippen molar-refractivity contribution in [2.75, 3.05) is 0 Å². The number of hydrogen-bond acceptors (Lipinski definition) is 4. The average molecular weight is 162 g/mol. The fourth-order valence-electron chi connectivity index (χ4n) is 1.04. The van der Waals surface area contributed by atoms with Gasteiger partial charge in [0.15, 0.2) is 12.4 Å². The summed E-state index contributed by atoms with van der Waals surface area (Å²) in [5.74, 6) is -1.15. The molecule has 5 heteroatoms. The van der Waals surface area contributed by atoms with Gasteiger partial charge in [-0.15, -0.1) is 0 Å². The number of carboxylic acid groups (broad SMARTS) is 1. The maximum Gasteiger partial charge on any atom is 0.333 e. The molecule has 1 fully saturated rings. The first kappa shape index (κ1) is 8.45. The maximum atomic E-state index is 10.3. The lowest BCUT2D eigenvalue weighted by molar-refractivity contribution is -0.203. The molecule has 0 unspecified atom stereocenters. The minimum Gasteiger partial charge on any atom is -0.479 e. The number of carbonyl (C=O) groups is 1. The predicted octanol–water partition coefficient (Wildman–Crippen LogP) is -1.07. The van der Waals surface area contributed by atoms with Gasteiger partial charge in [-0.1, -0.05) is 0 Å². The van der Waals surface area contributed by atoms with Crippen molar-refractivity contribution >= 4 is 5.97 Å². The van der Waals surface area contributed by atoms with Crippen LogP contribution < -0.4 is 0 Å². The van der Waals surface area contributed by atoms with E-state index in [0.29, 0.717) is 0 Å². The van der Waals surface area contributed by atoms with E-state index in [1.54, 1.807) is 0 Å².